The van der Waals surface area contributed by atoms with Crippen molar-refractivity contribution in [2.75, 3.05) is 12.4 Å². The van der Waals surface area contributed by atoms with E-state index >= 15 is 0 Å². The van der Waals surface area contributed by atoms with Crippen LogP contribution >= 0.6 is 0 Å². The monoisotopic (exact) mass is 246 g/mol. The Bertz CT molecular complexity index is 577. The summed E-state index contributed by atoms with van der Waals surface area (Å²) in [6.07, 6.45) is 0. The molecule has 6 heteroatoms. The third-order valence-electron chi connectivity index (χ3n) is 2.52. The molecule has 1 aromatic heterocycles. The Labute approximate surface area is 104 Å². The van der Waals surface area contributed by atoms with Crippen LogP contribution in [0.4, 0.5) is 5.95 Å². The minimum Gasteiger partial charge on any atom is -0.466 e. The second-order valence-corrected chi connectivity index (χ2v) is 3.94. The Balaban J connectivity index is 2.19. The van der Waals surface area contributed by atoms with Crippen LogP contribution in [0.2, 0.25) is 0 Å². The molecule has 1 heterocycles. The van der Waals surface area contributed by atoms with Crippen molar-refractivity contribution in [3.05, 3.63) is 34.9 Å². The number of benzene rings is 1. The molecular weight excluding hydrogens is 232 g/mol. The molecule has 0 aliphatic carbocycles. The van der Waals surface area contributed by atoms with Crippen LogP contribution in [-0.2, 0) is 0 Å². The lowest BCUT2D eigenvalue weighted by atomic mass is 10.1. The van der Waals surface area contributed by atoms with Crippen molar-refractivity contribution in [1.82, 2.24) is 15.2 Å². The predicted molar refractivity (Wildman–Crippen MR) is 66.8 cm³/mol. The maximum absolute atomic E-state index is 12.0. The van der Waals surface area contributed by atoms with E-state index in [-0.39, 0.29) is 17.9 Å². The first kappa shape index (κ1) is 12.1. The van der Waals surface area contributed by atoms with Gasteiger partial charge in [0.2, 0.25) is 5.95 Å². The van der Waals surface area contributed by atoms with Gasteiger partial charge in [0.15, 0.2) is 0 Å². The smallest absolute Gasteiger partial charge is 0.336 e. The molecule has 0 spiro atoms. The molecule has 0 bridgehead atoms. The Morgan fingerprint density at radius 2 is 2.17 bits per heavy atom. The molecule has 0 saturated heterocycles. The summed E-state index contributed by atoms with van der Waals surface area (Å²) in [5.74, 6) is 0.0350. The van der Waals surface area contributed by atoms with Crippen LogP contribution in [0.5, 0.6) is 6.01 Å². The van der Waals surface area contributed by atoms with Gasteiger partial charge in [-0.3, -0.25) is 10.1 Å². The number of H-pyrrole nitrogens is 1. The average Bonchev–Trinajstić information content (AvgIpc) is 2.80. The Kier molecular flexibility index (Phi) is 3.27. The zero-order chi connectivity index (χ0) is 13.1. The molecule has 0 unspecified atom stereocenters. The van der Waals surface area contributed by atoms with Gasteiger partial charge in [-0.2, -0.15) is 4.98 Å². The molecule has 1 aromatic carbocycles. The van der Waals surface area contributed by atoms with Crippen LogP contribution < -0.4 is 10.1 Å². The number of carbonyl (C=O) groups excluding carboxylic acids is 1. The van der Waals surface area contributed by atoms with Crippen molar-refractivity contribution in [3.63, 3.8) is 0 Å². The average molecular weight is 246 g/mol. The summed E-state index contributed by atoms with van der Waals surface area (Å²) in [4.78, 5) is 16.0. The lowest BCUT2D eigenvalue weighted by Gasteiger charge is -2.06. The van der Waals surface area contributed by atoms with Gasteiger partial charge in [-0.05, 0) is 25.5 Å². The second-order valence-electron chi connectivity index (χ2n) is 3.94. The maximum atomic E-state index is 12.0. The van der Waals surface area contributed by atoms with E-state index < -0.39 is 0 Å². The van der Waals surface area contributed by atoms with Crippen molar-refractivity contribution >= 4 is 11.9 Å². The molecule has 0 aliphatic heterocycles. The number of aromatic amines is 1. The molecule has 1 amide bonds. The van der Waals surface area contributed by atoms with Gasteiger partial charge in [0.1, 0.15) is 0 Å². The Hall–Kier alpha value is -2.37. The first-order valence-corrected chi connectivity index (χ1v) is 5.45. The normalized spacial score (nSPS) is 10.2. The highest BCUT2D eigenvalue weighted by molar-refractivity contribution is 6.04. The zero-order valence-corrected chi connectivity index (χ0v) is 10.4. The third kappa shape index (κ3) is 2.48. The number of amides is 1. The van der Waals surface area contributed by atoms with Crippen molar-refractivity contribution in [2.24, 2.45) is 0 Å². The molecular formula is C12H14N4O2. The van der Waals surface area contributed by atoms with Gasteiger partial charge in [-0.1, -0.05) is 17.7 Å². The number of nitrogens with zero attached hydrogens (tertiary/aromatic N) is 2. The van der Waals surface area contributed by atoms with E-state index in [1.807, 2.05) is 32.0 Å². The molecule has 2 rings (SSSR count). The van der Waals surface area contributed by atoms with E-state index in [9.17, 15) is 4.79 Å². The van der Waals surface area contributed by atoms with Crippen LogP contribution in [0.25, 0.3) is 0 Å². The SMILES string of the molecule is COc1n[nH]c(NC(=O)c2cc(C)ccc2C)n1. The molecule has 0 aliphatic rings. The second kappa shape index (κ2) is 4.87. The summed E-state index contributed by atoms with van der Waals surface area (Å²) in [6.45, 7) is 3.82. The van der Waals surface area contributed by atoms with Crippen molar-refractivity contribution in [2.45, 2.75) is 13.8 Å². The highest BCUT2D eigenvalue weighted by atomic mass is 16.5. The molecule has 0 radical (unpaired) electrons. The van der Waals surface area contributed by atoms with E-state index in [1.165, 1.54) is 7.11 Å². The Morgan fingerprint density at radius 1 is 1.39 bits per heavy atom. The van der Waals surface area contributed by atoms with E-state index in [4.69, 9.17) is 4.74 Å². The molecule has 18 heavy (non-hydrogen) atoms. The van der Waals surface area contributed by atoms with Crippen LogP contribution in [0, 0.1) is 13.8 Å². The first-order valence-electron chi connectivity index (χ1n) is 5.45. The standard InChI is InChI=1S/C12H14N4O2/c1-7-4-5-8(2)9(6-7)10(17)13-11-14-12(18-3)16-15-11/h4-6H,1-3H3,(H2,13,14,15,16,17). The lowest BCUT2D eigenvalue weighted by Crippen LogP contribution is -2.14. The highest BCUT2D eigenvalue weighted by Gasteiger charge is 2.12. The minimum atomic E-state index is -0.227. The van der Waals surface area contributed by atoms with Gasteiger partial charge in [-0.15, -0.1) is 5.10 Å². The molecule has 2 N–H and O–H groups in total. The topological polar surface area (TPSA) is 79.9 Å². The minimum absolute atomic E-state index is 0.186. The number of carbonyl (C=O) groups is 1. The van der Waals surface area contributed by atoms with Crippen LogP contribution in [0.3, 0.4) is 0 Å². The summed E-state index contributed by atoms with van der Waals surface area (Å²) >= 11 is 0. The summed E-state index contributed by atoms with van der Waals surface area (Å²) in [6, 6.07) is 5.89. The molecule has 2 aromatic rings. The van der Waals surface area contributed by atoms with Crippen LogP contribution in [-0.4, -0.2) is 28.2 Å². The van der Waals surface area contributed by atoms with Gasteiger partial charge < -0.3 is 4.74 Å². The summed E-state index contributed by atoms with van der Waals surface area (Å²) in [5, 5.41) is 8.95. The number of hydrogen-bond donors (Lipinski definition) is 2. The Morgan fingerprint density at radius 3 is 2.83 bits per heavy atom. The number of ether oxygens (including phenoxy) is 1. The number of rotatable bonds is 3. The fourth-order valence-corrected chi connectivity index (χ4v) is 1.55. The van der Waals surface area contributed by atoms with E-state index in [0.717, 1.165) is 11.1 Å². The highest BCUT2D eigenvalue weighted by Crippen LogP contribution is 2.13. The van der Waals surface area contributed by atoms with E-state index in [0.29, 0.717) is 5.56 Å². The van der Waals surface area contributed by atoms with Crippen LogP contribution in [0.15, 0.2) is 18.2 Å². The molecule has 0 atom stereocenters. The first-order chi connectivity index (χ1) is 8.60. The van der Waals surface area contributed by atoms with Gasteiger partial charge in [0, 0.05) is 5.56 Å². The number of anilines is 1. The summed E-state index contributed by atoms with van der Waals surface area (Å²) < 4.78 is 4.82. The fourth-order valence-electron chi connectivity index (χ4n) is 1.55. The lowest BCUT2D eigenvalue weighted by molar-refractivity contribution is 0.102. The van der Waals surface area contributed by atoms with Crippen molar-refractivity contribution < 1.29 is 9.53 Å². The van der Waals surface area contributed by atoms with E-state index in [1.54, 1.807) is 0 Å². The molecule has 94 valence electrons. The molecule has 0 fully saturated rings. The quantitative estimate of drug-likeness (QED) is 0.863. The zero-order valence-electron chi connectivity index (χ0n) is 10.4. The number of nitrogens with one attached hydrogen (secondary N) is 2. The van der Waals surface area contributed by atoms with Crippen molar-refractivity contribution in [3.8, 4) is 6.01 Å². The van der Waals surface area contributed by atoms with Gasteiger partial charge in [-0.25, -0.2) is 5.10 Å². The third-order valence-corrected chi connectivity index (χ3v) is 2.52. The van der Waals surface area contributed by atoms with E-state index in [2.05, 4.69) is 20.5 Å². The van der Waals surface area contributed by atoms with Gasteiger partial charge in [0.05, 0.1) is 7.11 Å². The summed E-state index contributed by atoms with van der Waals surface area (Å²) in [5.41, 5.74) is 2.55. The number of aryl methyl sites for hydroxylation is 2. The number of methoxy groups -OCH3 is 1. The van der Waals surface area contributed by atoms with Gasteiger partial charge >= 0.3 is 6.01 Å². The molecule has 0 saturated carbocycles. The van der Waals surface area contributed by atoms with Crippen LogP contribution in [0.1, 0.15) is 21.5 Å². The summed E-state index contributed by atoms with van der Waals surface area (Å²) in [7, 11) is 1.46. The molecule has 6 nitrogen and oxygen atoms in total. The fraction of sp³-hybridized carbons (Fsp3) is 0.250. The number of aromatic nitrogens is 3. The predicted octanol–water partition coefficient (Wildman–Crippen LogP) is 1.68. The maximum Gasteiger partial charge on any atom is 0.336 e. The number of hydrogen-bond acceptors (Lipinski definition) is 4. The van der Waals surface area contributed by atoms with Crippen molar-refractivity contribution in [1.29, 1.82) is 0 Å². The largest absolute Gasteiger partial charge is 0.466 e. The van der Waals surface area contributed by atoms with Gasteiger partial charge in [0.25, 0.3) is 5.91 Å².